The van der Waals surface area contributed by atoms with Crippen molar-refractivity contribution in [3.63, 3.8) is 0 Å². The second kappa shape index (κ2) is 4.37. The zero-order valence-electron chi connectivity index (χ0n) is 8.08. The van der Waals surface area contributed by atoms with Crippen LogP contribution in [0.1, 0.15) is 12.5 Å². The first kappa shape index (κ1) is 10.9. The van der Waals surface area contributed by atoms with Crippen molar-refractivity contribution < 1.29 is 9.13 Å². The molecule has 14 heavy (non-hydrogen) atoms. The number of hydrogen-bond donors (Lipinski definition) is 1. The molecule has 76 valence electrons. The minimum Gasteiger partial charge on any atom is -0.483 e. The van der Waals surface area contributed by atoms with Gasteiger partial charge in [0.05, 0.1) is 0 Å². The fraction of sp³-hybridized carbons (Fsp3) is 0.300. The van der Waals surface area contributed by atoms with Gasteiger partial charge in [0, 0.05) is 6.07 Å². The first-order valence-corrected chi connectivity index (χ1v) is 4.63. The second-order valence-corrected chi connectivity index (χ2v) is 3.54. The maximum atomic E-state index is 12.9. The van der Waals surface area contributed by atoms with Crippen LogP contribution in [0.5, 0.6) is 5.75 Å². The minimum absolute atomic E-state index is 0.258. The summed E-state index contributed by atoms with van der Waals surface area (Å²) in [6.45, 7) is 3.56. The van der Waals surface area contributed by atoms with E-state index in [2.05, 4.69) is 0 Å². The van der Waals surface area contributed by atoms with Gasteiger partial charge in [-0.05, 0) is 25.5 Å². The molecular formula is C10H12FNOS. The molecule has 0 aromatic heterocycles. The fourth-order valence-electron chi connectivity index (χ4n) is 0.949. The lowest BCUT2D eigenvalue weighted by Crippen LogP contribution is -2.29. The van der Waals surface area contributed by atoms with Crippen LogP contribution in [0.25, 0.3) is 0 Å². The third kappa shape index (κ3) is 2.67. The molecule has 0 radical (unpaired) electrons. The summed E-state index contributed by atoms with van der Waals surface area (Å²) in [7, 11) is 0. The molecule has 0 saturated carbocycles. The van der Waals surface area contributed by atoms with Gasteiger partial charge in [-0.1, -0.05) is 18.3 Å². The predicted molar refractivity (Wildman–Crippen MR) is 58.0 cm³/mol. The molecule has 1 aromatic rings. The Balaban J connectivity index is 2.85. The molecule has 0 aliphatic rings. The van der Waals surface area contributed by atoms with Crippen molar-refractivity contribution in [2.24, 2.45) is 5.73 Å². The maximum Gasteiger partial charge on any atom is 0.145 e. The van der Waals surface area contributed by atoms with Crippen LogP contribution in [0.15, 0.2) is 18.2 Å². The van der Waals surface area contributed by atoms with E-state index in [1.165, 1.54) is 12.1 Å². The van der Waals surface area contributed by atoms with E-state index in [1.54, 1.807) is 13.0 Å². The molecule has 0 aliphatic heterocycles. The lowest BCUT2D eigenvalue weighted by molar-refractivity contribution is 0.285. The van der Waals surface area contributed by atoms with Gasteiger partial charge in [-0.3, -0.25) is 0 Å². The molecule has 0 fully saturated rings. The molecule has 1 rings (SSSR count). The molecule has 0 saturated heterocycles. The largest absolute Gasteiger partial charge is 0.483 e. The number of rotatable bonds is 3. The number of benzene rings is 1. The standard InChI is InChI=1S/C10H12FNOS/c1-6-3-4-8(11)5-9(6)13-7(2)10(12)14/h3-5,7H,1-2H3,(H2,12,14). The average Bonchev–Trinajstić information content (AvgIpc) is 2.11. The first-order chi connectivity index (χ1) is 6.50. The van der Waals surface area contributed by atoms with Gasteiger partial charge >= 0.3 is 0 Å². The van der Waals surface area contributed by atoms with Crippen molar-refractivity contribution in [3.05, 3.63) is 29.6 Å². The van der Waals surface area contributed by atoms with Crippen LogP contribution in [-0.4, -0.2) is 11.1 Å². The summed E-state index contributed by atoms with van der Waals surface area (Å²) >= 11 is 4.75. The summed E-state index contributed by atoms with van der Waals surface area (Å²) in [5.41, 5.74) is 6.24. The van der Waals surface area contributed by atoms with Gasteiger partial charge in [-0.2, -0.15) is 0 Å². The average molecular weight is 213 g/mol. The highest BCUT2D eigenvalue weighted by Gasteiger charge is 2.09. The van der Waals surface area contributed by atoms with Crippen LogP contribution in [0.3, 0.4) is 0 Å². The molecule has 0 spiro atoms. The molecular weight excluding hydrogens is 201 g/mol. The Labute approximate surface area is 87.9 Å². The normalized spacial score (nSPS) is 12.2. The Hall–Kier alpha value is -1.16. The predicted octanol–water partition coefficient (Wildman–Crippen LogP) is 2.19. The zero-order chi connectivity index (χ0) is 10.7. The SMILES string of the molecule is Cc1ccc(F)cc1OC(C)C(N)=S. The van der Waals surface area contributed by atoms with Crippen molar-refractivity contribution in [1.29, 1.82) is 0 Å². The number of nitrogens with two attached hydrogens (primary N) is 1. The Morgan fingerprint density at radius 1 is 1.57 bits per heavy atom. The van der Waals surface area contributed by atoms with Crippen molar-refractivity contribution in [2.45, 2.75) is 20.0 Å². The Morgan fingerprint density at radius 3 is 2.79 bits per heavy atom. The van der Waals surface area contributed by atoms with Crippen LogP contribution in [0.4, 0.5) is 4.39 Å². The summed E-state index contributed by atoms with van der Waals surface area (Å²) in [6, 6.07) is 4.36. The number of aryl methyl sites for hydroxylation is 1. The van der Waals surface area contributed by atoms with Crippen LogP contribution >= 0.6 is 12.2 Å². The molecule has 4 heteroatoms. The molecule has 1 unspecified atom stereocenters. The highest BCUT2D eigenvalue weighted by atomic mass is 32.1. The molecule has 0 heterocycles. The van der Waals surface area contributed by atoms with Gasteiger partial charge in [0.15, 0.2) is 0 Å². The van der Waals surface area contributed by atoms with Crippen molar-refractivity contribution in [2.75, 3.05) is 0 Å². The second-order valence-electron chi connectivity index (χ2n) is 3.07. The monoisotopic (exact) mass is 213 g/mol. The minimum atomic E-state index is -0.384. The Kier molecular flexibility index (Phi) is 3.41. The summed E-state index contributed by atoms with van der Waals surface area (Å²) in [6.07, 6.45) is -0.384. The van der Waals surface area contributed by atoms with Gasteiger partial charge in [-0.25, -0.2) is 4.39 Å². The fourth-order valence-corrected chi connectivity index (χ4v) is 0.998. The summed E-state index contributed by atoms with van der Waals surface area (Å²) in [5.74, 6) is 0.144. The van der Waals surface area contributed by atoms with Crippen LogP contribution in [-0.2, 0) is 0 Å². The topological polar surface area (TPSA) is 35.2 Å². The van der Waals surface area contributed by atoms with Crippen molar-refractivity contribution in [1.82, 2.24) is 0 Å². The number of ether oxygens (including phenoxy) is 1. The van der Waals surface area contributed by atoms with Crippen molar-refractivity contribution in [3.8, 4) is 5.75 Å². The summed E-state index contributed by atoms with van der Waals surface area (Å²) < 4.78 is 18.2. The van der Waals surface area contributed by atoms with E-state index in [4.69, 9.17) is 22.7 Å². The zero-order valence-corrected chi connectivity index (χ0v) is 8.90. The van der Waals surface area contributed by atoms with Crippen LogP contribution in [0.2, 0.25) is 0 Å². The highest BCUT2D eigenvalue weighted by Crippen LogP contribution is 2.19. The molecule has 0 bridgehead atoms. The Bertz CT molecular complexity index is 354. The Morgan fingerprint density at radius 2 is 2.21 bits per heavy atom. The lowest BCUT2D eigenvalue weighted by Gasteiger charge is -2.14. The third-order valence-electron chi connectivity index (χ3n) is 1.85. The first-order valence-electron chi connectivity index (χ1n) is 4.23. The van der Waals surface area contributed by atoms with E-state index < -0.39 is 0 Å². The van der Waals surface area contributed by atoms with Crippen LogP contribution < -0.4 is 10.5 Å². The smallest absolute Gasteiger partial charge is 0.145 e. The quantitative estimate of drug-likeness (QED) is 0.782. The highest BCUT2D eigenvalue weighted by molar-refractivity contribution is 7.80. The third-order valence-corrected chi connectivity index (χ3v) is 2.19. The van der Waals surface area contributed by atoms with E-state index >= 15 is 0 Å². The van der Waals surface area contributed by atoms with E-state index in [1.807, 2.05) is 6.92 Å². The summed E-state index contributed by atoms with van der Waals surface area (Å²) in [4.78, 5) is 0.258. The molecule has 2 N–H and O–H groups in total. The lowest BCUT2D eigenvalue weighted by atomic mass is 10.2. The molecule has 2 nitrogen and oxygen atoms in total. The molecule has 1 aromatic carbocycles. The van der Waals surface area contributed by atoms with Crippen LogP contribution in [0, 0.1) is 12.7 Å². The van der Waals surface area contributed by atoms with Gasteiger partial charge in [0.1, 0.15) is 22.7 Å². The summed E-state index contributed by atoms with van der Waals surface area (Å²) in [5, 5.41) is 0. The van der Waals surface area contributed by atoms with Crippen molar-refractivity contribution >= 4 is 17.2 Å². The van der Waals surface area contributed by atoms with Gasteiger partial charge in [-0.15, -0.1) is 0 Å². The van der Waals surface area contributed by atoms with E-state index in [0.29, 0.717) is 5.75 Å². The molecule has 0 aliphatic carbocycles. The number of halogens is 1. The molecule has 0 amide bonds. The van der Waals surface area contributed by atoms with E-state index in [0.717, 1.165) is 5.56 Å². The van der Waals surface area contributed by atoms with Gasteiger partial charge < -0.3 is 10.5 Å². The number of hydrogen-bond acceptors (Lipinski definition) is 2. The van der Waals surface area contributed by atoms with Gasteiger partial charge in [0.2, 0.25) is 0 Å². The van der Waals surface area contributed by atoms with E-state index in [-0.39, 0.29) is 16.9 Å². The van der Waals surface area contributed by atoms with Gasteiger partial charge in [0.25, 0.3) is 0 Å². The molecule has 1 atom stereocenters. The van der Waals surface area contributed by atoms with E-state index in [9.17, 15) is 4.39 Å². The number of thiocarbonyl (C=S) groups is 1. The maximum absolute atomic E-state index is 12.9.